The molecule has 0 aliphatic carbocycles. The number of Topliss-reactive ketones (excluding diaryl/α,β-unsaturated/α-hetero) is 1. The Kier molecular flexibility index (Phi) is 4.88. The second-order valence-electron chi connectivity index (χ2n) is 7.99. The third kappa shape index (κ3) is 2.93. The van der Waals surface area contributed by atoms with Gasteiger partial charge in [0.15, 0.2) is 5.78 Å². The van der Waals surface area contributed by atoms with Crippen molar-refractivity contribution in [2.24, 2.45) is 5.92 Å². The maximum atomic E-state index is 13.9. The number of hydrogen-bond acceptors (Lipinski definition) is 5. The van der Waals surface area contributed by atoms with Crippen molar-refractivity contribution in [2.45, 2.75) is 11.5 Å². The van der Waals surface area contributed by atoms with Crippen LogP contribution in [0.2, 0.25) is 5.02 Å². The SMILES string of the molecule is COc1ccc2c(c1)[C@]1(C(=O)N2)[C@@H](C(=O)c2cccs2)[C@@H](c2ccc(Cl)cc2)CN1C. The van der Waals surface area contributed by atoms with Gasteiger partial charge in [0.25, 0.3) is 0 Å². The smallest absolute Gasteiger partial charge is 0.250 e. The quantitative estimate of drug-likeness (QED) is 0.578. The molecule has 1 spiro atoms. The highest BCUT2D eigenvalue weighted by Crippen LogP contribution is 2.56. The van der Waals surface area contributed by atoms with Crippen LogP contribution in [0, 0.1) is 5.92 Å². The lowest BCUT2D eigenvalue weighted by molar-refractivity contribution is -0.126. The zero-order valence-corrected chi connectivity index (χ0v) is 18.7. The molecule has 5 nitrogen and oxygen atoms in total. The Balaban J connectivity index is 1.73. The molecule has 3 atom stereocenters. The van der Waals surface area contributed by atoms with Gasteiger partial charge in [-0.3, -0.25) is 14.5 Å². The van der Waals surface area contributed by atoms with Crippen LogP contribution < -0.4 is 10.1 Å². The molecule has 5 rings (SSSR count). The number of benzene rings is 2. The van der Waals surface area contributed by atoms with Crippen LogP contribution in [0.1, 0.15) is 26.7 Å². The number of ketones is 1. The van der Waals surface area contributed by atoms with Gasteiger partial charge in [-0.05, 0) is 54.4 Å². The van der Waals surface area contributed by atoms with Crippen molar-refractivity contribution < 1.29 is 14.3 Å². The number of ether oxygens (including phenoxy) is 1. The van der Waals surface area contributed by atoms with Crippen LogP contribution in [0.3, 0.4) is 0 Å². The number of fused-ring (bicyclic) bond motifs is 2. The Hall–Kier alpha value is -2.67. The van der Waals surface area contributed by atoms with Crippen molar-refractivity contribution in [2.75, 3.05) is 26.0 Å². The highest BCUT2D eigenvalue weighted by molar-refractivity contribution is 7.12. The van der Waals surface area contributed by atoms with Gasteiger partial charge < -0.3 is 10.1 Å². The molecule has 1 aromatic heterocycles. The van der Waals surface area contributed by atoms with Crippen molar-refractivity contribution >= 4 is 40.3 Å². The summed E-state index contributed by atoms with van der Waals surface area (Å²) < 4.78 is 5.45. The van der Waals surface area contributed by atoms with Crippen molar-refractivity contribution in [1.29, 1.82) is 0 Å². The van der Waals surface area contributed by atoms with Crippen LogP contribution in [0.25, 0.3) is 0 Å². The largest absolute Gasteiger partial charge is 0.497 e. The minimum Gasteiger partial charge on any atom is -0.497 e. The van der Waals surface area contributed by atoms with Crippen molar-refractivity contribution in [3.8, 4) is 5.75 Å². The molecule has 158 valence electrons. The van der Waals surface area contributed by atoms with Crippen LogP contribution in [0.4, 0.5) is 5.69 Å². The van der Waals surface area contributed by atoms with E-state index in [0.717, 1.165) is 16.8 Å². The van der Waals surface area contributed by atoms with Gasteiger partial charge in [-0.15, -0.1) is 11.3 Å². The number of nitrogens with one attached hydrogen (secondary N) is 1. The minimum atomic E-state index is -1.12. The highest BCUT2D eigenvalue weighted by atomic mass is 35.5. The summed E-state index contributed by atoms with van der Waals surface area (Å²) in [6.45, 7) is 0.563. The number of halogens is 1. The normalized spacial score (nSPS) is 24.9. The number of likely N-dealkylation sites (tertiary alicyclic amines) is 1. The Labute approximate surface area is 189 Å². The van der Waals surface area contributed by atoms with Crippen molar-refractivity contribution in [1.82, 2.24) is 4.90 Å². The van der Waals surface area contributed by atoms with Gasteiger partial charge in [0.2, 0.25) is 5.91 Å². The van der Waals surface area contributed by atoms with E-state index in [1.165, 1.54) is 11.3 Å². The molecular weight excluding hydrogens is 432 g/mol. The van der Waals surface area contributed by atoms with E-state index in [-0.39, 0.29) is 17.6 Å². The minimum absolute atomic E-state index is 0.0230. The molecule has 0 bridgehead atoms. The summed E-state index contributed by atoms with van der Waals surface area (Å²) in [4.78, 5) is 30.2. The Morgan fingerprint density at radius 2 is 2.00 bits per heavy atom. The fraction of sp³-hybridized carbons (Fsp3) is 0.250. The van der Waals surface area contributed by atoms with E-state index >= 15 is 0 Å². The number of hydrogen-bond donors (Lipinski definition) is 1. The maximum Gasteiger partial charge on any atom is 0.250 e. The van der Waals surface area contributed by atoms with Gasteiger partial charge in [-0.1, -0.05) is 29.8 Å². The average Bonchev–Trinajstić information content (AvgIpc) is 3.47. The molecule has 2 aliphatic rings. The van der Waals surface area contributed by atoms with Gasteiger partial charge >= 0.3 is 0 Å². The maximum absolute atomic E-state index is 13.9. The number of thiophene rings is 1. The van der Waals surface area contributed by atoms with E-state index in [4.69, 9.17) is 16.3 Å². The first-order valence-electron chi connectivity index (χ1n) is 10.0. The topological polar surface area (TPSA) is 58.6 Å². The number of rotatable bonds is 4. The number of anilines is 1. The summed E-state index contributed by atoms with van der Waals surface area (Å²) in [6.07, 6.45) is 0. The van der Waals surface area contributed by atoms with Crippen LogP contribution in [-0.2, 0) is 10.3 Å². The fourth-order valence-electron chi connectivity index (χ4n) is 5.13. The summed E-state index contributed by atoms with van der Waals surface area (Å²) in [5, 5.41) is 5.55. The number of methoxy groups -OCH3 is 1. The molecule has 0 radical (unpaired) electrons. The number of likely N-dealkylation sites (N-methyl/N-ethyl adjacent to an activating group) is 1. The molecule has 0 saturated carbocycles. The molecule has 1 fully saturated rings. The Morgan fingerprint density at radius 1 is 1.23 bits per heavy atom. The molecule has 3 aromatic rings. The molecule has 1 amide bonds. The van der Waals surface area contributed by atoms with E-state index in [9.17, 15) is 9.59 Å². The molecular formula is C24H21ClN2O3S. The standard InChI is InChI=1S/C24H21ClN2O3S/c1-27-13-17(14-5-7-15(25)8-6-14)21(22(28)20-4-3-11-31-20)24(27)18-12-16(30-2)9-10-19(18)26-23(24)29/h3-12,17,21H,13H2,1-2H3,(H,26,29)/t17-,21-,24-/m1/s1. The number of amides is 1. The van der Waals surface area contributed by atoms with E-state index in [1.54, 1.807) is 7.11 Å². The van der Waals surface area contributed by atoms with Crippen molar-refractivity contribution in [3.63, 3.8) is 0 Å². The van der Waals surface area contributed by atoms with Crippen LogP contribution in [0.5, 0.6) is 5.75 Å². The molecule has 1 saturated heterocycles. The number of carbonyl (C=O) groups is 2. The lowest BCUT2D eigenvalue weighted by Gasteiger charge is -2.35. The molecule has 2 aliphatic heterocycles. The summed E-state index contributed by atoms with van der Waals surface area (Å²) in [5.41, 5.74) is 1.38. The van der Waals surface area contributed by atoms with Gasteiger partial charge in [0, 0.05) is 28.7 Å². The molecule has 1 N–H and O–H groups in total. The van der Waals surface area contributed by atoms with Gasteiger partial charge in [0.05, 0.1) is 17.9 Å². The first-order valence-corrected chi connectivity index (χ1v) is 11.3. The van der Waals surface area contributed by atoms with Crippen LogP contribution >= 0.6 is 22.9 Å². The number of carbonyl (C=O) groups excluding carboxylic acids is 2. The van der Waals surface area contributed by atoms with Gasteiger partial charge in [0.1, 0.15) is 11.3 Å². The monoisotopic (exact) mass is 452 g/mol. The van der Waals surface area contributed by atoms with E-state index in [1.807, 2.05) is 71.9 Å². The lowest BCUT2D eigenvalue weighted by atomic mass is 9.71. The molecule has 2 aromatic carbocycles. The third-order valence-corrected chi connectivity index (χ3v) is 7.64. The number of nitrogens with zero attached hydrogens (tertiary/aromatic N) is 1. The average molecular weight is 453 g/mol. The fourth-order valence-corrected chi connectivity index (χ4v) is 5.96. The molecule has 0 unspecified atom stereocenters. The van der Waals surface area contributed by atoms with E-state index < -0.39 is 11.5 Å². The summed E-state index contributed by atoms with van der Waals surface area (Å²) in [7, 11) is 3.51. The second kappa shape index (κ2) is 7.48. The van der Waals surface area contributed by atoms with Crippen molar-refractivity contribution in [3.05, 3.63) is 81.0 Å². The van der Waals surface area contributed by atoms with Crippen LogP contribution in [0.15, 0.2) is 60.0 Å². The van der Waals surface area contributed by atoms with E-state index in [0.29, 0.717) is 22.2 Å². The molecule has 3 heterocycles. The first kappa shape index (κ1) is 20.2. The first-order chi connectivity index (χ1) is 15.0. The summed E-state index contributed by atoms with van der Waals surface area (Å²) in [6, 6.07) is 16.8. The Bertz CT molecular complexity index is 1160. The van der Waals surface area contributed by atoms with E-state index in [2.05, 4.69) is 5.32 Å². The summed E-state index contributed by atoms with van der Waals surface area (Å²) in [5.74, 6) is -0.305. The molecule has 31 heavy (non-hydrogen) atoms. The molecule has 7 heteroatoms. The van der Waals surface area contributed by atoms with Gasteiger partial charge in [-0.2, -0.15) is 0 Å². The summed E-state index contributed by atoms with van der Waals surface area (Å²) >= 11 is 7.52. The zero-order chi connectivity index (χ0) is 21.8. The Morgan fingerprint density at radius 3 is 2.68 bits per heavy atom. The third-order valence-electron chi connectivity index (χ3n) is 6.50. The van der Waals surface area contributed by atoms with Gasteiger partial charge in [-0.25, -0.2) is 0 Å². The highest BCUT2D eigenvalue weighted by Gasteiger charge is 2.64. The zero-order valence-electron chi connectivity index (χ0n) is 17.1. The lowest BCUT2D eigenvalue weighted by Crippen LogP contribution is -2.51. The predicted molar refractivity (Wildman–Crippen MR) is 122 cm³/mol. The second-order valence-corrected chi connectivity index (χ2v) is 9.37. The predicted octanol–water partition coefficient (Wildman–Crippen LogP) is 4.79. The van der Waals surface area contributed by atoms with Crippen LogP contribution in [-0.4, -0.2) is 37.3 Å².